The van der Waals surface area contributed by atoms with E-state index in [1.165, 1.54) is 0 Å². The molecule has 0 radical (unpaired) electrons. The first kappa shape index (κ1) is 29.1. The fourth-order valence-electron chi connectivity index (χ4n) is 4.36. The minimum atomic E-state index is -0.641. The topological polar surface area (TPSA) is 114 Å². The van der Waals surface area contributed by atoms with Crippen LogP contribution in [0.1, 0.15) is 42.9 Å². The van der Waals surface area contributed by atoms with Crippen LogP contribution in [0.15, 0.2) is 72.8 Å². The number of allylic oxidation sites excluding steroid dienone is 2. The average Bonchev–Trinajstić information content (AvgIpc) is 2.95. The first-order valence-corrected chi connectivity index (χ1v) is 13.2. The summed E-state index contributed by atoms with van der Waals surface area (Å²) in [6.45, 7) is 0.846. The monoisotopic (exact) mass is 522 g/mol. The number of aliphatic hydroxyl groups is 1. The maximum Gasteiger partial charge on any atom is 0.309 e. The number of nitrogens with one attached hydrogen (secondary N) is 2. The number of amides is 2. The lowest BCUT2D eigenvalue weighted by atomic mass is 9.94. The molecule has 2 aromatic rings. The third-order valence-corrected chi connectivity index (χ3v) is 6.43. The Hall–Kier alpha value is -3.49. The number of rotatable bonds is 10. The van der Waals surface area contributed by atoms with Gasteiger partial charge in [-0.15, -0.1) is 0 Å². The number of cyclic esters (lactones) is 1. The van der Waals surface area contributed by atoms with Gasteiger partial charge in [0.25, 0.3) is 0 Å². The molecule has 3 N–H and O–H groups in total. The molecule has 3 atom stereocenters. The van der Waals surface area contributed by atoms with E-state index in [-0.39, 0.29) is 56.5 Å². The highest BCUT2D eigenvalue weighted by atomic mass is 16.5. The number of ether oxygens (including phenoxy) is 2. The first-order chi connectivity index (χ1) is 18.6. The molecule has 0 unspecified atom stereocenters. The second-order valence-electron chi connectivity index (χ2n) is 9.34. The molecule has 8 heteroatoms. The number of hydrogen-bond acceptors (Lipinski definition) is 6. The number of hydrogen-bond donors (Lipinski definition) is 3. The highest BCUT2D eigenvalue weighted by molar-refractivity contribution is 5.86. The van der Waals surface area contributed by atoms with Crippen LogP contribution in [-0.4, -0.2) is 55.8 Å². The van der Waals surface area contributed by atoms with E-state index in [2.05, 4.69) is 10.6 Å². The minimum Gasteiger partial charge on any atom is -0.455 e. The molecule has 0 saturated heterocycles. The largest absolute Gasteiger partial charge is 0.455 e. The lowest BCUT2D eigenvalue weighted by Crippen LogP contribution is -2.38. The molecule has 1 heterocycles. The summed E-state index contributed by atoms with van der Waals surface area (Å²) in [5, 5.41) is 14.4. The van der Waals surface area contributed by atoms with Gasteiger partial charge < -0.3 is 25.2 Å². The summed E-state index contributed by atoms with van der Waals surface area (Å²) in [5.41, 5.74) is 1.87. The molecule has 38 heavy (non-hydrogen) atoms. The van der Waals surface area contributed by atoms with Crippen LogP contribution in [0.3, 0.4) is 0 Å². The van der Waals surface area contributed by atoms with E-state index in [1.807, 2.05) is 72.8 Å². The van der Waals surface area contributed by atoms with E-state index in [0.717, 1.165) is 11.1 Å². The molecular weight excluding hydrogens is 484 g/mol. The molecule has 2 amide bonds. The summed E-state index contributed by atoms with van der Waals surface area (Å²) in [4.78, 5) is 38.9. The van der Waals surface area contributed by atoms with Gasteiger partial charge in [-0.1, -0.05) is 72.8 Å². The standard InChI is InChI=1S/C30H38N2O6/c33-17-19-37-18-16-31-28(34)21-25-14-8-3-9-15-26(20-23-10-4-1-5-11-23)30(36)38-27(22-32-29(25)35)24-12-6-2-7-13-24/h1-8,10-13,25-27,33H,9,14-22H2,(H,31,34)(H,32,35)/t25-,26-,27-/m1/s1. The van der Waals surface area contributed by atoms with Gasteiger partial charge in [-0.05, 0) is 36.8 Å². The second kappa shape index (κ2) is 16.4. The van der Waals surface area contributed by atoms with Crippen molar-refractivity contribution in [2.24, 2.45) is 11.8 Å². The number of carbonyl (C=O) groups is 3. The highest BCUT2D eigenvalue weighted by Gasteiger charge is 2.27. The average molecular weight is 523 g/mol. The number of esters is 1. The predicted molar refractivity (Wildman–Crippen MR) is 144 cm³/mol. The van der Waals surface area contributed by atoms with E-state index < -0.39 is 12.0 Å². The molecule has 0 fully saturated rings. The molecule has 2 aromatic carbocycles. The fourth-order valence-corrected chi connectivity index (χ4v) is 4.36. The minimum absolute atomic E-state index is 0.0304. The summed E-state index contributed by atoms with van der Waals surface area (Å²) in [6, 6.07) is 19.3. The van der Waals surface area contributed by atoms with E-state index in [4.69, 9.17) is 14.6 Å². The molecule has 0 bridgehead atoms. The summed E-state index contributed by atoms with van der Waals surface area (Å²) in [7, 11) is 0. The fraction of sp³-hybridized carbons (Fsp3) is 0.433. The molecule has 3 rings (SSSR count). The van der Waals surface area contributed by atoms with Crippen LogP contribution in [0.5, 0.6) is 0 Å². The molecule has 0 aromatic heterocycles. The Kier molecular flexibility index (Phi) is 12.5. The van der Waals surface area contributed by atoms with Crippen molar-refractivity contribution in [2.75, 3.05) is 32.9 Å². The zero-order valence-electron chi connectivity index (χ0n) is 21.7. The van der Waals surface area contributed by atoms with Gasteiger partial charge in [-0.2, -0.15) is 0 Å². The quantitative estimate of drug-likeness (QED) is 0.251. The van der Waals surface area contributed by atoms with Crippen LogP contribution in [0.25, 0.3) is 0 Å². The number of benzene rings is 2. The Morgan fingerprint density at radius 2 is 1.74 bits per heavy atom. The summed E-state index contributed by atoms with van der Waals surface area (Å²) in [5.74, 6) is -1.68. The van der Waals surface area contributed by atoms with Crippen LogP contribution >= 0.6 is 0 Å². The van der Waals surface area contributed by atoms with Gasteiger partial charge in [0.05, 0.1) is 38.2 Å². The maximum atomic E-state index is 13.3. The Bertz CT molecular complexity index is 1030. The molecule has 0 saturated carbocycles. The van der Waals surface area contributed by atoms with Crippen molar-refractivity contribution >= 4 is 17.8 Å². The maximum absolute atomic E-state index is 13.3. The van der Waals surface area contributed by atoms with Gasteiger partial charge in [-0.25, -0.2) is 0 Å². The Morgan fingerprint density at radius 3 is 2.47 bits per heavy atom. The summed E-state index contributed by atoms with van der Waals surface area (Å²) in [6.07, 6.45) is 5.54. The number of aliphatic hydroxyl groups excluding tert-OH is 1. The molecule has 1 aliphatic heterocycles. The van der Waals surface area contributed by atoms with Crippen molar-refractivity contribution in [1.29, 1.82) is 0 Å². The molecule has 1 aliphatic rings. The van der Waals surface area contributed by atoms with Crippen molar-refractivity contribution in [3.8, 4) is 0 Å². The SMILES string of the molecule is O=C(C[C@H]1CC=CCC[C@H](Cc2ccccc2)C(=O)O[C@@H](c2ccccc2)CNC1=O)NCCOCCO. The molecule has 0 aliphatic carbocycles. The van der Waals surface area contributed by atoms with Gasteiger partial charge in [-0.3, -0.25) is 14.4 Å². The zero-order chi connectivity index (χ0) is 27.0. The van der Waals surface area contributed by atoms with Crippen LogP contribution in [0.4, 0.5) is 0 Å². The van der Waals surface area contributed by atoms with Crippen LogP contribution < -0.4 is 10.6 Å². The van der Waals surface area contributed by atoms with Crippen molar-refractivity contribution < 1.29 is 29.0 Å². The van der Waals surface area contributed by atoms with Crippen molar-refractivity contribution in [1.82, 2.24) is 10.6 Å². The van der Waals surface area contributed by atoms with E-state index >= 15 is 0 Å². The van der Waals surface area contributed by atoms with Gasteiger partial charge >= 0.3 is 5.97 Å². The number of carbonyl (C=O) groups excluding carboxylic acids is 3. The van der Waals surface area contributed by atoms with Gasteiger partial charge in [0, 0.05) is 13.0 Å². The zero-order valence-corrected chi connectivity index (χ0v) is 21.7. The highest BCUT2D eigenvalue weighted by Crippen LogP contribution is 2.24. The van der Waals surface area contributed by atoms with Crippen LogP contribution in [0.2, 0.25) is 0 Å². The molecular formula is C30H38N2O6. The van der Waals surface area contributed by atoms with Crippen LogP contribution in [-0.2, 0) is 30.3 Å². The summed E-state index contributed by atoms with van der Waals surface area (Å²) >= 11 is 0. The van der Waals surface area contributed by atoms with Gasteiger partial charge in [0.2, 0.25) is 11.8 Å². The summed E-state index contributed by atoms with van der Waals surface area (Å²) < 4.78 is 11.2. The van der Waals surface area contributed by atoms with Crippen molar-refractivity contribution in [2.45, 2.75) is 38.2 Å². The van der Waals surface area contributed by atoms with Gasteiger partial charge in [0.15, 0.2) is 0 Å². The van der Waals surface area contributed by atoms with Crippen molar-refractivity contribution in [3.05, 3.63) is 83.9 Å². The predicted octanol–water partition coefficient (Wildman–Crippen LogP) is 3.12. The molecule has 204 valence electrons. The van der Waals surface area contributed by atoms with Gasteiger partial charge in [0.1, 0.15) is 6.10 Å². The van der Waals surface area contributed by atoms with E-state index in [9.17, 15) is 14.4 Å². The van der Waals surface area contributed by atoms with Crippen molar-refractivity contribution in [3.63, 3.8) is 0 Å². The third-order valence-electron chi connectivity index (χ3n) is 6.43. The third kappa shape index (κ3) is 10.1. The lowest BCUT2D eigenvalue weighted by Gasteiger charge is -2.23. The lowest BCUT2D eigenvalue weighted by molar-refractivity contribution is -0.155. The van der Waals surface area contributed by atoms with Crippen LogP contribution in [0, 0.1) is 11.8 Å². The Labute approximate surface area is 224 Å². The normalized spacial score (nSPS) is 20.8. The molecule has 8 nitrogen and oxygen atoms in total. The Balaban J connectivity index is 1.72. The van der Waals surface area contributed by atoms with E-state index in [0.29, 0.717) is 32.2 Å². The first-order valence-electron chi connectivity index (χ1n) is 13.2. The molecule has 0 spiro atoms. The second-order valence-corrected chi connectivity index (χ2v) is 9.34. The van der Waals surface area contributed by atoms with E-state index in [1.54, 1.807) is 0 Å². The smallest absolute Gasteiger partial charge is 0.309 e. The Morgan fingerprint density at radius 1 is 1.00 bits per heavy atom.